The lowest BCUT2D eigenvalue weighted by Gasteiger charge is -2.20. The molecule has 0 unspecified atom stereocenters. The fraction of sp³-hybridized carbons (Fsp3) is 0.107. The Bertz CT molecular complexity index is 1440. The van der Waals surface area contributed by atoms with Gasteiger partial charge in [0, 0.05) is 5.56 Å². The van der Waals surface area contributed by atoms with E-state index in [1.54, 1.807) is 18.2 Å². The summed E-state index contributed by atoms with van der Waals surface area (Å²) in [4.78, 5) is 13.3. The first kappa shape index (κ1) is 24.5. The van der Waals surface area contributed by atoms with E-state index in [2.05, 4.69) is 10.0 Å². The molecule has 1 amide bonds. The highest BCUT2D eigenvalue weighted by atomic mass is 35.5. The second-order valence-electron chi connectivity index (χ2n) is 8.34. The number of aryl methyl sites for hydroxylation is 2. The van der Waals surface area contributed by atoms with Gasteiger partial charge in [-0.2, -0.15) is 0 Å². The molecule has 0 fully saturated rings. The molecule has 178 valence electrons. The summed E-state index contributed by atoms with van der Waals surface area (Å²) < 4.78 is 27.9. The SMILES string of the molecule is Cc1ccc([C@H](NC(=O)c2ccc(NS(=O)(=O)c3ccc(C)cc3)c(Cl)c2)c2ccccc2)cc1. The molecule has 4 aromatic carbocycles. The van der Waals surface area contributed by atoms with Crippen molar-refractivity contribution in [1.29, 1.82) is 0 Å². The second kappa shape index (κ2) is 10.3. The van der Waals surface area contributed by atoms with Crippen LogP contribution in [0.5, 0.6) is 0 Å². The number of nitrogens with one attached hydrogen (secondary N) is 2. The Hall–Kier alpha value is -3.61. The van der Waals surface area contributed by atoms with Crippen LogP contribution in [0, 0.1) is 13.8 Å². The van der Waals surface area contributed by atoms with Gasteiger partial charge in [0.25, 0.3) is 15.9 Å². The summed E-state index contributed by atoms with van der Waals surface area (Å²) in [7, 11) is -3.82. The van der Waals surface area contributed by atoms with Crippen molar-refractivity contribution in [2.24, 2.45) is 0 Å². The normalized spacial score (nSPS) is 12.1. The van der Waals surface area contributed by atoms with E-state index in [9.17, 15) is 13.2 Å². The fourth-order valence-electron chi connectivity index (χ4n) is 3.64. The van der Waals surface area contributed by atoms with Crippen molar-refractivity contribution < 1.29 is 13.2 Å². The zero-order valence-corrected chi connectivity index (χ0v) is 20.9. The first-order valence-electron chi connectivity index (χ1n) is 11.0. The van der Waals surface area contributed by atoms with E-state index in [0.29, 0.717) is 5.56 Å². The number of halogens is 1. The van der Waals surface area contributed by atoms with Crippen molar-refractivity contribution >= 4 is 33.2 Å². The predicted octanol–water partition coefficient (Wildman–Crippen LogP) is 6.28. The van der Waals surface area contributed by atoms with Gasteiger partial charge in [0.15, 0.2) is 0 Å². The summed E-state index contributed by atoms with van der Waals surface area (Å²) in [6.45, 7) is 3.89. The Labute approximate surface area is 210 Å². The third-order valence-electron chi connectivity index (χ3n) is 5.63. The highest BCUT2D eigenvalue weighted by Crippen LogP contribution is 2.27. The van der Waals surface area contributed by atoms with Crippen LogP contribution >= 0.6 is 11.6 Å². The van der Waals surface area contributed by atoms with Crippen LogP contribution in [0.1, 0.15) is 38.7 Å². The Morgan fingerprint density at radius 1 is 0.771 bits per heavy atom. The second-order valence-corrected chi connectivity index (χ2v) is 10.4. The largest absolute Gasteiger partial charge is 0.341 e. The van der Waals surface area contributed by atoms with Crippen molar-refractivity contribution in [3.05, 3.63) is 130 Å². The summed E-state index contributed by atoms with van der Waals surface area (Å²) in [5.74, 6) is -0.325. The minimum Gasteiger partial charge on any atom is -0.341 e. The molecule has 0 saturated carbocycles. The summed E-state index contributed by atoms with van der Waals surface area (Å²) in [5.41, 5.74) is 4.49. The van der Waals surface area contributed by atoms with Crippen LogP contribution in [0.15, 0.2) is 102 Å². The number of anilines is 1. The quantitative estimate of drug-likeness (QED) is 0.311. The van der Waals surface area contributed by atoms with Crippen molar-refractivity contribution in [2.75, 3.05) is 4.72 Å². The van der Waals surface area contributed by atoms with Crippen molar-refractivity contribution in [3.63, 3.8) is 0 Å². The van der Waals surface area contributed by atoms with Gasteiger partial charge in [0.1, 0.15) is 0 Å². The lowest BCUT2D eigenvalue weighted by atomic mass is 9.97. The first-order valence-corrected chi connectivity index (χ1v) is 12.9. The number of benzene rings is 4. The summed E-state index contributed by atoms with van der Waals surface area (Å²) in [5, 5.41) is 3.20. The molecule has 0 aliphatic rings. The molecule has 5 nitrogen and oxygen atoms in total. The molecule has 0 aliphatic heterocycles. The molecule has 0 spiro atoms. The van der Waals surface area contributed by atoms with Gasteiger partial charge < -0.3 is 5.32 Å². The minimum atomic E-state index is -3.82. The third-order valence-corrected chi connectivity index (χ3v) is 7.32. The molecular weight excluding hydrogens is 480 g/mol. The fourth-order valence-corrected chi connectivity index (χ4v) is 5.00. The van der Waals surface area contributed by atoms with Gasteiger partial charge in [-0.1, -0.05) is 89.5 Å². The van der Waals surface area contributed by atoms with Gasteiger partial charge in [-0.05, 0) is 55.3 Å². The van der Waals surface area contributed by atoms with Crippen LogP contribution in [-0.2, 0) is 10.0 Å². The molecular formula is C28H25ClN2O3S. The van der Waals surface area contributed by atoms with E-state index in [1.165, 1.54) is 24.3 Å². The third kappa shape index (κ3) is 5.91. The maximum absolute atomic E-state index is 13.2. The number of carbonyl (C=O) groups is 1. The minimum absolute atomic E-state index is 0.125. The molecule has 4 rings (SSSR count). The average molecular weight is 505 g/mol. The van der Waals surface area contributed by atoms with E-state index in [4.69, 9.17) is 11.6 Å². The Morgan fingerprint density at radius 2 is 1.34 bits per heavy atom. The molecule has 0 aliphatic carbocycles. The Morgan fingerprint density at radius 3 is 1.94 bits per heavy atom. The molecule has 1 atom stereocenters. The van der Waals surface area contributed by atoms with Crippen LogP contribution in [0.3, 0.4) is 0 Å². The standard InChI is InChI=1S/C28H25ClN2O3S/c1-19-8-12-22(13-9-19)27(21-6-4-3-5-7-21)30-28(32)23-14-17-26(25(29)18-23)31-35(33,34)24-15-10-20(2)11-16-24/h3-18,27,31H,1-2H3,(H,30,32)/t27-/m1/s1. The Balaban J connectivity index is 1.56. The van der Waals surface area contributed by atoms with Gasteiger partial charge >= 0.3 is 0 Å². The molecule has 0 saturated heterocycles. The molecule has 2 N–H and O–H groups in total. The van der Waals surface area contributed by atoms with Crippen LogP contribution in [0.25, 0.3) is 0 Å². The smallest absolute Gasteiger partial charge is 0.261 e. The van der Waals surface area contributed by atoms with Gasteiger partial charge in [-0.25, -0.2) is 8.42 Å². The first-order chi connectivity index (χ1) is 16.7. The van der Waals surface area contributed by atoms with Gasteiger partial charge in [0.05, 0.1) is 21.6 Å². The van der Waals surface area contributed by atoms with Crippen LogP contribution in [0.4, 0.5) is 5.69 Å². The highest BCUT2D eigenvalue weighted by Gasteiger charge is 2.20. The average Bonchev–Trinajstić information content (AvgIpc) is 2.85. The van der Waals surface area contributed by atoms with E-state index in [1.807, 2.05) is 68.4 Å². The number of carbonyl (C=O) groups excluding carboxylic acids is 1. The van der Waals surface area contributed by atoms with Gasteiger partial charge in [-0.15, -0.1) is 0 Å². The molecule has 7 heteroatoms. The molecule has 0 radical (unpaired) electrons. The molecule has 35 heavy (non-hydrogen) atoms. The lowest BCUT2D eigenvalue weighted by molar-refractivity contribution is 0.0943. The number of amides is 1. The molecule has 0 bridgehead atoms. The highest BCUT2D eigenvalue weighted by molar-refractivity contribution is 7.92. The summed E-state index contributed by atoms with van der Waals surface area (Å²) in [6.07, 6.45) is 0. The van der Waals surface area contributed by atoms with Gasteiger partial charge in [-0.3, -0.25) is 9.52 Å². The Kier molecular flexibility index (Phi) is 7.24. The zero-order valence-electron chi connectivity index (χ0n) is 19.3. The summed E-state index contributed by atoms with van der Waals surface area (Å²) >= 11 is 6.37. The van der Waals surface area contributed by atoms with Crippen LogP contribution < -0.4 is 10.0 Å². The summed E-state index contributed by atoms with van der Waals surface area (Å²) in [6, 6.07) is 28.3. The predicted molar refractivity (Wildman–Crippen MR) is 140 cm³/mol. The maximum atomic E-state index is 13.2. The monoisotopic (exact) mass is 504 g/mol. The number of hydrogen-bond acceptors (Lipinski definition) is 3. The molecule has 4 aromatic rings. The molecule has 0 aromatic heterocycles. The topological polar surface area (TPSA) is 75.3 Å². The maximum Gasteiger partial charge on any atom is 0.261 e. The van der Waals surface area contributed by atoms with Crippen LogP contribution in [0.2, 0.25) is 5.02 Å². The van der Waals surface area contributed by atoms with E-state index in [-0.39, 0.29) is 27.6 Å². The van der Waals surface area contributed by atoms with Gasteiger partial charge in [0.2, 0.25) is 0 Å². The number of sulfonamides is 1. The van der Waals surface area contributed by atoms with E-state index < -0.39 is 10.0 Å². The van der Waals surface area contributed by atoms with Crippen LogP contribution in [-0.4, -0.2) is 14.3 Å². The van der Waals surface area contributed by atoms with Crippen molar-refractivity contribution in [2.45, 2.75) is 24.8 Å². The zero-order chi connectivity index (χ0) is 25.0. The van der Waals surface area contributed by atoms with Crippen molar-refractivity contribution in [1.82, 2.24) is 5.32 Å². The van der Waals surface area contributed by atoms with E-state index >= 15 is 0 Å². The van der Waals surface area contributed by atoms with Crippen molar-refractivity contribution in [3.8, 4) is 0 Å². The number of rotatable bonds is 7. The molecule has 0 heterocycles. The lowest BCUT2D eigenvalue weighted by Crippen LogP contribution is -2.29. The van der Waals surface area contributed by atoms with E-state index in [0.717, 1.165) is 22.3 Å². The number of hydrogen-bond donors (Lipinski definition) is 2.